The van der Waals surface area contributed by atoms with Gasteiger partial charge in [0.05, 0.1) is 19.2 Å². The fourth-order valence-electron chi connectivity index (χ4n) is 2.15. The van der Waals surface area contributed by atoms with E-state index in [2.05, 4.69) is 10.3 Å². The normalized spacial score (nSPS) is 11.5. The molecule has 1 heterocycles. The second-order valence-corrected chi connectivity index (χ2v) is 5.37. The summed E-state index contributed by atoms with van der Waals surface area (Å²) in [6.45, 7) is 0. The number of carbonyl (C=O) groups excluding carboxylic acids is 2. The number of aromatic nitrogens is 1. The van der Waals surface area contributed by atoms with Gasteiger partial charge in [-0.3, -0.25) is 9.78 Å². The third-order valence-corrected chi connectivity index (χ3v) is 3.68. The lowest BCUT2D eigenvalue weighted by atomic mass is 10.1. The van der Waals surface area contributed by atoms with Gasteiger partial charge < -0.3 is 14.8 Å². The van der Waals surface area contributed by atoms with Crippen molar-refractivity contribution in [2.24, 2.45) is 0 Å². The molecule has 0 unspecified atom stereocenters. The molecule has 0 saturated heterocycles. The summed E-state index contributed by atoms with van der Waals surface area (Å²) in [6.07, 6.45) is 3.25. The van der Waals surface area contributed by atoms with E-state index in [4.69, 9.17) is 21.1 Å². The molecule has 0 spiro atoms. The molecule has 1 atom stereocenters. The second-order valence-electron chi connectivity index (χ2n) is 4.96. The maximum atomic E-state index is 12.2. The quantitative estimate of drug-likeness (QED) is 0.810. The maximum absolute atomic E-state index is 12.2. The van der Waals surface area contributed by atoms with Crippen LogP contribution in [0.4, 0.5) is 0 Å². The number of ether oxygens (including phenoxy) is 2. The zero-order valence-electron chi connectivity index (χ0n) is 13.3. The van der Waals surface area contributed by atoms with E-state index in [0.29, 0.717) is 16.3 Å². The molecule has 1 N–H and O–H groups in total. The molecule has 126 valence electrons. The largest absolute Gasteiger partial charge is 0.495 e. The number of hydrogen-bond acceptors (Lipinski definition) is 5. The summed E-state index contributed by atoms with van der Waals surface area (Å²) in [5, 5.41) is 3.09. The molecule has 0 aliphatic heterocycles. The Morgan fingerprint density at radius 3 is 2.50 bits per heavy atom. The first-order valence-corrected chi connectivity index (χ1v) is 7.54. The molecule has 24 heavy (non-hydrogen) atoms. The van der Waals surface area contributed by atoms with E-state index >= 15 is 0 Å². The zero-order chi connectivity index (χ0) is 17.5. The van der Waals surface area contributed by atoms with Crippen LogP contribution in [-0.4, -0.2) is 37.1 Å². The van der Waals surface area contributed by atoms with Gasteiger partial charge in [0.25, 0.3) is 5.91 Å². The number of amides is 1. The number of pyridine rings is 1. The number of methoxy groups -OCH3 is 2. The minimum atomic E-state index is -0.833. The number of nitrogens with one attached hydrogen (secondary N) is 1. The van der Waals surface area contributed by atoms with Crippen LogP contribution in [0.1, 0.15) is 15.9 Å². The van der Waals surface area contributed by atoms with Gasteiger partial charge in [-0.05, 0) is 29.8 Å². The summed E-state index contributed by atoms with van der Waals surface area (Å²) in [5.41, 5.74) is 1.18. The molecule has 0 aliphatic carbocycles. The zero-order valence-corrected chi connectivity index (χ0v) is 14.0. The van der Waals surface area contributed by atoms with Gasteiger partial charge >= 0.3 is 5.97 Å². The number of benzene rings is 1. The molecule has 1 aromatic heterocycles. The molecule has 0 bridgehead atoms. The van der Waals surface area contributed by atoms with E-state index in [9.17, 15) is 9.59 Å². The summed E-state index contributed by atoms with van der Waals surface area (Å²) < 4.78 is 9.87. The Bertz CT molecular complexity index is 722. The van der Waals surface area contributed by atoms with Crippen molar-refractivity contribution in [1.82, 2.24) is 10.3 Å². The van der Waals surface area contributed by atoms with E-state index in [1.807, 2.05) is 0 Å². The van der Waals surface area contributed by atoms with Gasteiger partial charge in [-0.2, -0.15) is 0 Å². The Hall–Kier alpha value is -2.60. The van der Waals surface area contributed by atoms with Crippen molar-refractivity contribution in [2.45, 2.75) is 12.5 Å². The third kappa shape index (κ3) is 4.45. The summed E-state index contributed by atoms with van der Waals surface area (Å²) in [7, 11) is 2.79. The highest BCUT2D eigenvalue weighted by atomic mass is 35.5. The standard InChI is InChI=1S/C17H17ClN2O4/c1-23-15-4-3-11(9-13(15)18)10-14(17(22)24-2)20-16(21)12-5-7-19-8-6-12/h3-9,14H,10H2,1-2H3,(H,20,21)/t14-/m0/s1. The van der Waals surface area contributed by atoms with Crippen LogP contribution >= 0.6 is 11.6 Å². The molecule has 0 radical (unpaired) electrons. The molecule has 0 aliphatic rings. The van der Waals surface area contributed by atoms with E-state index in [-0.39, 0.29) is 12.3 Å². The lowest BCUT2D eigenvalue weighted by molar-refractivity contribution is -0.142. The first kappa shape index (κ1) is 17.7. The fourth-order valence-corrected chi connectivity index (χ4v) is 2.43. The van der Waals surface area contributed by atoms with Crippen molar-refractivity contribution in [3.05, 3.63) is 58.9 Å². The van der Waals surface area contributed by atoms with Crippen molar-refractivity contribution < 1.29 is 19.1 Å². The number of carbonyl (C=O) groups is 2. The minimum Gasteiger partial charge on any atom is -0.495 e. The fraction of sp³-hybridized carbons (Fsp3) is 0.235. The first-order valence-electron chi connectivity index (χ1n) is 7.16. The molecular formula is C17H17ClN2O4. The average molecular weight is 349 g/mol. The van der Waals surface area contributed by atoms with Crippen LogP contribution in [-0.2, 0) is 16.0 Å². The highest BCUT2D eigenvalue weighted by Gasteiger charge is 2.23. The van der Waals surface area contributed by atoms with Crippen LogP contribution in [0.2, 0.25) is 5.02 Å². The van der Waals surface area contributed by atoms with Crippen molar-refractivity contribution in [3.8, 4) is 5.75 Å². The van der Waals surface area contributed by atoms with Gasteiger partial charge in [0, 0.05) is 24.4 Å². The molecule has 1 aromatic carbocycles. The smallest absolute Gasteiger partial charge is 0.328 e. The van der Waals surface area contributed by atoms with Crippen LogP contribution in [0.15, 0.2) is 42.7 Å². The second kappa shape index (κ2) is 8.31. The van der Waals surface area contributed by atoms with Crippen LogP contribution < -0.4 is 10.1 Å². The van der Waals surface area contributed by atoms with Crippen molar-refractivity contribution in [1.29, 1.82) is 0 Å². The number of nitrogens with zero attached hydrogens (tertiary/aromatic N) is 1. The molecule has 2 rings (SSSR count). The molecule has 0 saturated carbocycles. The summed E-state index contributed by atoms with van der Waals surface area (Å²) >= 11 is 6.09. The van der Waals surface area contributed by atoms with Crippen LogP contribution in [0, 0.1) is 0 Å². The first-order chi connectivity index (χ1) is 11.5. The summed E-state index contributed by atoms with van der Waals surface area (Å²) in [5.74, 6) is -0.382. The molecule has 0 fully saturated rings. The van der Waals surface area contributed by atoms with Crippen molar-refractivity contribution in [2.75, 3.05) is 14.2 Å². The monoisotopic (exact) mass is 348 g/mol. The van der Waals surface area contributed by atoms with E-state index in [1.54, 1.807) is 30.3 Å². The molecule has 1 amide bonds. The van der Waals surface area contributed by atoms with Gasteiger partial charge in [-0.25, -0.2) is 4.79 Å². The van der Waals surface area contributed by atoms with Gasteiger partial charge in [-0.15, -0.1) is 0 Å². The Morgan fingerprint density at radius 2 is 1.92 bits per heavy atom. The molecule has 2 aromatic rings. The predicted octanol–water partition coefficient (Wildman–Crippen LogP) is 2.26. The minimum absolute atomic E-state index is 0.243. The Balaban J connectivity index is 2.15. The van der Waals surface area contributed by atoms with Crippen molar-refractivity contribution in [3.63, 3.8) is 0 Å². The van der Waals surface area contributed by atoms with Gasteiger partial charge in [0.15, 0.2) is 0 Å². The van der Waals surface area contributed by atoms with Crippen LogP contribution in [0.25, 0.3) is 0 Å². The lowest BCUT2D eigenvalue weighted by Gasteiger charge is -2.17. The average Bonchev–Trinajstić information content (AvgIpc) is 2.61. The third-order valence-electron chi connectivity index (χ3n) is 3.39. The summed E-state index contributed by atoms with van der Waals surface area (Å²) in [6, 6.07) is 7.47. The van der Waals surface area contributed by atoms with Gasteiger partial charge in [0.2, 0.25) is 0 Å². The Kier molecular flexibility index (Phi) is 6.14. The topological polar surface area (TPSA) is 77.5 Å². The highest BCUT2D eigenvalue weighted by molar-refractivity contribution is 6.32. The lowest BCUT2D eigenvalue weighted by Crippen LogP contribution is -2.43. The van der Waals surface area contributed by atoms with Crippen molar-refractivity contribution >= 4 is 23.5 Å². The van der Waals surface area contributed by atoms with E-state index in [0.717, 1.165) is 5.56 Å². The Labute approximate surface area is 144 Å². The van der Waals surface area contributed by atoms with Gasteiger partial charge in [0.1, 0.15) is 11.8 Å². The van der Waals surface area contributed by atoms with Crippen LogP contribution in [0.3, 0.4) is 0 Å². The number of hydrogen-bond donors (Lipinski definition) is 1. The molecule has 6 nitrogen and oxygen atoms in total. The molecular weight excluding hydrogens is 332 g/mol. The van der Waals surface area contributed by atoms with Gasteiger partial charge in [-0.1, -0.05) is 17.7 Å². The Morgan fingerprint density at radius 1 is 1.21 bits per heavy atom. The predicted molar refractivity (Wildman–Crippen MR) is 89.2 cm³/mol. The van der Waals surface area contributed by atoms with E-state index in [1.165, 1.54) is 26.6 Å². The highest BCUT2D eigenvalue weighted by Crippen LogP contribution is 2.25. The van der Waals surface area contributed by atoms with Crippen LogP contribution in [0.5, 0.6) is 5.75 Å². The number of halogens is 1. The molecule has 7 heteroatoms. The number of esters is 1. The SMILES string of the molecule is COC(=O)[C@H](Cc1ccc(OC)c(Cl)c1)NC(=O)c1ccncc1. The summed E-state index contributed by atoms with van der Waals surface area (Å²) in [4.78, 5) is 28.1. The van der Waals surface area contributed by atoms with E-state index < -0.39 is 12.0 Å². The number of rotatable bonds is 6. The maximum Gasteiger partial charge on any atom is 0.328 e.